The molecule has 2 rings (SSSR count). The van der Waals surface area contributed by atoms with Gasteiger partial charge in [0, 0.05) is 11.3 Å². The number of amides is 2. The van der Waals surface area contributed by atoms with Crippen LogP contribution in [0.1, 0.15) is 18.1 Å². The van der Waals surface area contributed by atoms with E-state index in [2.05, 4.69) is 15.8 Å². The summed E-state index contributed by atoms with van der Waals surface area (Å²) in [5, 5.41) is 7.07. The number of carbonyl (C=O) groups is 2. The molecule has 2 amide bonds. The van der Waals surface area contributed by atoms with Gasteiger partial charge in [0.2, 0.25) is 0 Å². The van der Waals surface area contributed by atoms with Crippen LogP contribution in [0, 0.1) is 6.92 Å². The molecule has 0 aromatic heterocycles. The van der Waals surface area contributed by atoms with Crippen LogP contribution in [-0.2, 0) is 9.59 Å². The van der Waals surface area contributed by atoms with Crippen molar-refractivity contribution in [3.63, 3.8) is 0 Å². The van der Waals surface area contributed by atoms with E-state index >= 15 is 0 Å². The molecular weight excluding hydrogens is 385 g/mol. The lowest BCUT2D eigenvalue weighted by molar-refractivity contribution is -0.136. The Morgan fingerprint density at radius 2 is 1.56 bits per heavy atom. The molecule has 0 aliphatic heterocycles. The number of nitrogens with zero attached hydrogens (tertiary/aromatic N) is 1. The van der Waals surface area contributed by atoms with E-state index in [1.54, 1.807) is 31.2 Å². The van der Waals surface area contributed by atoms with Gasteiger partial charge in [-0.05, 0) is 32.0 Å². The van der Waals surface area contributed by atoms with Crippen LogP contribution in [0.5, 0.6) is 0 Å². The molecule has 0 atom stereocenters. The molecule has 0 saturated heterocycles. The van der Waals surface area contributed by atoms with Crippen LogP contribution in [0.3, 0.4) is 0 Å². The first-order valence-electron chi connectivity index (χ1n) is 7.15. The highest BCUT2D eigenvalue weighted by atomic mass is 35.5. The van der Waals surface area contributed by atoms with E-state index in [-0.39, 0.29) is 10.0 Å². The molecule has 2 N–H and O–H groups in total. The van der Waals surface area contributed by atoms with Gasteiger partial charge >= 0.3 is 11.8 Å². The molecule has 0 saturated carbocycles. The second kappa shape index (κ2) is 8.34. The zero-order valence-electron chi connectivity index (χ0n) is 13.4. The Morgan fingerprint density at radius 3 is 2.20 bits per heavy atom. The molecule has 0 radical (unpaired) electrons. The van der Waals surface area contributed by atoms with E-state index < -0.39 is 11.8 Å². The van der Waals surface area contributed by atoms with Crippen molar-refractivity contribution < 1.29 is 9.59 Å². The molecule has 2 aromatic carbocycles. The van der Waals surface area contributed by atoms with E-state index in [0.717, 1.165) is 5.56 Å². The summed E-state index contributed by atoms with van der Waals surface area (Å²) in [5.74, 6) is -1.74. The number of hydrogen-bond acceptors (Lipinski definition) is 3. The molecule has 25 heavy (non-hydrogen) atoms. The Kier molecular flexibility index (Phi) is 6.42. The topological polar surface area (TPSA) is 70.6 Å². The summed E-state index contributed by atoms with van der Waals surface area (Å²) in [7, 11) is 0. The van der Waals surface area contributed by atoms with Crippen molar-refractivity contribution in [3.05, 3.63) is 62.6 Å². The van der Waals surface area contributed by atoms with Gasteiger partial charge in [-0.3, -0.25) is 9.59 Å². The number of benzene rings is 2. The third-order valence-electron chi connectivity index (χ3n) is 3.27. The number of halogens is 3. The van der Waals surface area contributed by atoms with Crippen LogP contribution in [0.25, 0.3) is 0 Å². The van der Waals surface area contributed by atoms with Gasteiger partial charge in [-0.25, -0.2) is 5.43 Å². The summed E-state index contributed by atoms with van der Waals surface area (Å²) >= 11 is 17.9. The number of hydrogen-bond donors (Lipinski definition) is 2. The van der Waals surface area contributed by atoms with Crippen molar-refractivity contribution in [2.75, 3.05) is 5.32 Å². The van der Waals surface area contributed by atoms with Gasteiger partial charge in [0.25, 0.3) is 0 Å². The number of carbonyl (C=O) groups excluding carboxylic acids is 2. The van der Waals surface area contributed by atoms with Crippen LogP contribution in [-0.4, -0.2) is 17.5 Å². The fraction of sp³-hybridized carbons (Fsp3) is 0.118. The van der Waals surface area contributed by atoms with Gasteiger partial charge < -0.3 is 5.32 Å². The standard InChI is InChI=1S/C17H14Cl3N3O2/c1-9-3-5-11(6-4-9)21-16(24)17(25)23-22-10(2)12-7-8-13(18)15(20)14(12)19/h3-8H,1-2H3,(H,21,24)(H,23,25)/b22-10-. The van der Waals surface area contributed by atoms with Crippen LogP contribution in [0.2, 0.25) is 15.1 Å². The number of rotatable bonds is 3. The summed E-state index contributed by atoms with van der Waals surface area (Å²) in [4.78, 5) is 23.7. The smallest absolute Gasteiger partial charge is 0.318 e. The SMILES string of the molecule is C/C(=N/NC(=O)C(=O)Nc1ccc(C)cc1)c1ccc(Cl)c(Cl)c1Cl. The minimum absolute atomic E-state index is 0.193. The Hall–Kier alpha value is -2.08. The minimum atomic E-state index is -0.906. The van der Waals surface area contributed by atoms with Crippen molar-refractivity contribution in [1.82, 2.24) is 5.43 Å². The van der Waals surface area contributed by atoms with Crippen LogP contribution < -0.4 is 10.7 Å². The first-order valence-corrected chi connectivity index (χ1v) is 8.29. The van der Waals surface area contributed by atoms with Crippen molar-refractivity contribution >= 4 is 58.0 Å². The predicted octanol–water partition coefficient (Wildman–Crippen LogP) is 4.43. The van der Waals surface area contributed by atoms with Crippen molar-refractivity contribution in [2.45, 2.75) is 13.8 Å². The third kappa shape index (κ3) is 4.95. The maximum absolute atomic E-state index is 11.9. The highest BCUT2D eigenvalue weighted by molar-refractivity contribution is 6.49. The number of anilines is 1. The third-order valence-corrected chi connectivity index (χ3v) is 4.56. The van der Waals surface area contributed by atoms with Crippen LogP contribution in [0.15, 0.2) is 41.5 Å². The predicted molar refractivity (Wildman–Crippen MR) is 102 cm³/mol. The molecular formula is C17H14Cl3N3O2. The molecule has 0 spiro atoms. The first-order chi connectivity index (χ1) is 11.8. The van der Waals surface area contributed by atoms with Gasteiger partial charge in [-0.1, -0.05) is 58.6 Å². The molecule has 2 aromatic rings. The lowest BCUT2D eigenvalue weighted by atomic mass is 10.1. The van der Waals surface area contributed by atoms with E-state index in [1.807, 2.05) is 19.1 Å². The largest absolute Gasteiger partial charge is 0.329 e. The average Bonchev–Trinajstić information content (AvgIpc) is 2.59. The lowest BCUT2D eigenvalue weighted by Crippen LogP contribution is -2.32. The number of nitrogens with one attached hydrogen (secondary N) is 2. The maximum Gasteiger partial charge on any atom is 0.329 e. The molecule has 5 nitrogen and oxygen atoms in total. The lowest BCUT2D eigenvalue weighted by Gasteiger charge is -2.08. The molecule has 0 fully saturated rings. The monoisotopic (exact) mass is 397 g/mol. The molecule has 0 bridgehead atoms. The van der Waals surface area contributed by atoms with Crippen LogP contribution >= 0.6 is 34.8 Å². The zero-order chi connectivity index (χ0) is 18.6. The van der Waals surface area contributed by atoms with Crippen molar-refractivity contribution in [3.8, 4) is 0 Å². The quantitative estimate of drug-likeness (QED) is 0.347. The average molecular weight is 399 g/mol. The van der Waals surface area contributed by atoms with E-state index in [1.165, 1.54) is 0 Å². The normalized spacial score (nSPS) is 11.2. The minimum Gasteiger partial charge on any atom is -0.318 e. The molecule has 0 aliphatic carbocycles. The van der Waals surface area contributed by atoms with Gasteiger partial charge in [0.15, 0.2) is 0 Å². The number of aryl methyl sites for hydroxylation is 1. The number of hydrazone groups is 1. The Labute approximate surface area is 160 Å². The Bertz CT molecular complexity index is 849. The van der Waals surface area contributed by atoms with E-state index in [9.17, 15) is 9.59 Å². The summed E-state index contributed by atoms with van der Waals surface area (Å²) in [6.45, 7) is 3.54. The van der Waals surface area contributed by atoms with Crippen molar-refractivity contribution in [2.24, 2.45) is 5.10 Å². The summed E-state index contributed by atoms with van der Waals surface area (Å²) in [6.07, 6.45) is 0. The zero-order valence-corrected chi connectivity index (χ0v) is 15.6. The molecule has 0 heterocycles. The van der Waals surface area contributed by atoms with E-state index in [0.29, 0.717) is 22.0 Å². The summed E-state index contributed by atoms with van der Waals surface area (Å²) in [6, 6.07) is 10.2. The second-order valence-corrected chi connectivity index (χ2v) is 6.34. The summed E-state index contributed by atoms with van der Waals surface area (Å²) < 4.78 is 0. The maximum atomic E-state index is 11.9. The first kappa shape index (κ1) is 19.2. The molecule has 0 aliphatic rings. The van der Waals surface area contributed by atoms with E-state index in [4.69, 9.17) is 34.8 Å². The van der Waals surface area contributed by atoms with Gasteiger partial charge in [-0.2, -0.15) is 5.10 Å². The second-order valence-electron chi connectivity index (χ2n) is 5.18. The highest BCUT2D eigenvalue weighted by Crippen LogP contribution is 2.32. The highest BCUT2D eigenvalue weighted by Gasteiger charge is 2.15. The van der Waals surface area contributed by atoms with Crippen molar-refractivity contribution in [1.29, 1.82) is 0 Å². The fourth-order valence-corrected chi connectivity index (χ4v) is 2.55. The fourth-order valence-electron chi connectivity index (χ4n) is 1.88. The molecule has 0 unspecified atom stereocenters. The summed E-state index contributed by atoms with van der Waals surface area (Å²) in [5.41, 5.74) is 4.60. The Balaban J connectivity index is 2.04. The van der Waals surface area contributed by atoms with Crippen LogP contribution in [0.4, 0.5) is 5.69 Å². The Morgan fingerprint density at radius 1 is 0.920 bits per heavy atom. The van der Waals surface area contributed by atoms with Gasteiger partial charge in [0.05, 0.1) is 20.8 Å². The van der Waals surface area contributed by atoms with Gasteiger partial charge in [-0.15, -0.1) is 0 Å². The molecule has 130 valence electrons. The van der Waals surface area contributed by atoms with Gasteiger partial charge in [0.1, 0.15) is 0 Å². The molecule has 8 heteroatoms.